The number of urea groups is 1. The highest BCUT2D eigenvalue weighted by molar-refractivity contribution is 5.90. The summed E-state index contributed by atoms with van der Waals surface area (Å²) in [5.74, 6) is -0.577. The molecule has 124 valence electrons. The summed E-state index contributed by atoms with van der Waals surface area (Å²) in [7, 11) is 0. The Morgan fingerprint density at radius 3 is 2.70 bits per heavy atom. The van der Waals surface area contributed by atoms with Gasteiger partial charge in [-0.15, -0.1) is 0 Å². The topological polar surface area (TPSA) is 102 Å². The highest BCUT2D eigenvalue weighted by Gasteiger charge is 2.29. The summed E-state index contributed by atoms with van der Waals surface area (Å²) in [5, 5.41) is 13.3. The molecule has 1 saturated heterocycles. The third-order valence-corrected chi connectivity index (χ3v) is 3.66. The van der Waals surface area contributed by atoms with Crippen molar-refractivity contribution in [2.45, 2.75) is 19.8 Å². The number of hydrogen-bond acceptors (Lipinski definition) is 5. The molecule has 0 aromatic heterocycles. The lowest BCUT2D eigenvalue weighted by Crippen LogP contribution is -2.44. The largest absolute Gasteiger partial charge is 0.466 e. The van der Waals surface area contributed by atoms with Crippen molar-refractivity contribution in [1.29, 1.82) is 0 Å². The van der Waals surface area contributed by atoms with Gasteiger partial charge in [-0.1, -0.05) is 0 Å². The zero-order valence-corrected chi connectivity index (χ0v) is 12.9. The van der Waals surface area contributed by atoms with Crippen LogP contribution in [0, 0.1) is 16.0 Å². The Hall–Kier alpha value is -2.64. The van der Waals surface area contributed by atoms with Crippen LogP contribution in [0.4, 0.5) is 16.2 Å². The maximum Gasteiger partial charge on any atom is 0.321 e. The summed E-state index contributed by atoms with van der Waals surface area (Å²) < 4.78 is 5.00. The van der Waals surface area contributed by atoms with Gasteiger partial charge in [0.1, 0.15) is 0 Å². The average Bonchev–Trinajstić information content (AvgIpc) is 2.55. The second-order valence-electron chi connectivity index (χ2n) is 5.27. The second-order valence-corrected chi connectivity index (χ2v) is 5.27. The van der Waals surface area contributed by atoms with Crippen molar-refractivity contribution in [3.05, 3.63) is 34.4 Å². The molecule has 1 fully saturated rings. The van der Waals surface area contributed by atoms with Crippen molar-refractivity contribution in [2.24, 2.45) is 5.92 Å². The van der Waals surface area contributed by atoms with Crippen LogP contribution in [-0.4, -0.2) is 41.5 Å². The number of piperidine rings is 1. The fourth-order valence-corrected chi connectivity index (χ4v) is 2.48. The van der Waals surface area contributed by atoms with Crippen molar-refractivity contribution in [1.82, 2.24) is 4.90 Å². The lowest BCUT2D eigenvalue weighted by molar-refractivity contribution is -0.384. The average molecular weight is 321 g/mol. The number of likely N-dealkylation sites (tertiary alicyclic amines) is 1. The van der Waals surface area contributed by atoms with Crippen molar-refractivity contribution >= 4 is 23.4 Å². The molecule has 8 nitrogen and oxygen atoms in total. The van der Waals surface area contributed by atoms with Gasteiger partial charge in [0, 0.05) is 30.9 Å². The number of nitrogens with zero attached hydrogens (tertiary/aromatic N) is 2. The van der Waals surface area contributed by atoms with Gasteiger partial charge in [0.05, 0.1) is 17.4 Å². The number of hydrogen-bond donors (Lipinski definition) is 1. The molecule has 23 heavy (non-hydrogen) atoms. The van der Waals surface area contributed by atoms with Crippen LogP contribution >= 0.6 is 0 Å². The Labute approximate surface area is 133 Å². The van der Waals surface area contributed by atoms with Crippen molar-refractivity contribution in [2.75, 3.05) is 25.0 Å². The fourth-order valence-electron chi connectivity index (χ4n) is 2.48. The molecule has 1 aromatic rings. The number of anilines is 1. The Bertz CT molecular complexity index is 587. The number of carbonyl (C=O) groups is 2. The van der Waals surface area contributed by atoms with Gasteiger partial charge in [0.15, 0.2) is 0 Å². The predicted molar refractivity (Wildman–Crippen MR) is 83.0 cm³/mol. The molecule has 2 amide bonds. The molecule has 0 bridgehead atoms. The van der Waals surface area contributed by atoms with Gasteiger partial charge < -0.3 is 15.0 Å². The summed E-state index contributed by atoms with van der Waals surface area (Å²) in [4.78, 5) is 35.7. The van der Waals surface area contributed by atoms with E-state index in [9.17, 15) is 19.7 Å². The molecule has 1 N–H and O–H groups in total. The first kappa shape index (κ1) is 16.7. The smallest absolute Gasteiger partial charge is 0.321 e. The Kier molecular flexibility index (Phi) is 5.51. The van der Waals surface area contributed by atoms with Gasteiger partial charge in [-0.2, -0.15) is 0 Å². The number of carbonyl (C=O) groups excluding carboxylic acids is 2. The zero-order chi connectivity index (χ0) is 16.8. The fraction of sp³-hybridized carbons (Fsp3) is 0.467. The first-order valence-electron chi connectivity index (χ1n) is 7.48. The molecule has 8 heteroatoms. The number of amides is 2. The molecule has 0 saturated carbocycles. The van der Waals surface area contributed by atoms with Crippen LogP contribution in [0.3, 0.4) is 0 Å². The molecular formula is C15H19N3O5. The van der Waals surface area contributed by atoms with E-state index in [2.05, 4.69) is 5.32 Å². The van der Waals surface area contributed by atoms with Crippen LogP contribution in [0.5, 0.6) is 0 Å². The predicted octanol–water partition coefficient (Wildman–Crippen LogP) is 2.40. The number of non-ortho nitro benzene ring substituents is 1. The lowest BCUT2D eigenvalue weighted by Gasteiger charge is -2.31. The molecule has 0 unspecified atom stereocenters. The number of benzene rings is 1. The van der Waals surface area contributed by atoms with Crippen LogP contribution < -0.4 is 5.32 Å². The van der Waals surface area contributed by atoms with Crippen LogP contribution in [-0.2, 0) is 9.53 Å². The van der Waals surface area contributed by atoms with E-state index in [-0.39, 0.29) is 23.6 Å². The molecular weight excluding hydrogens is 302 g/mol. The van der Waals surface area contributed by atoms with Gasteiger partial charge in [0.25, 0.3) is 5.69 Å². The van der Waals surface area contributed by atoms with E-state index in [0.717, 1.165) is 6.42 Å². The quantitative estimate of drug-likeness (QED) is 0.521. The number of ether oxygens (including phenoxy) is 1. The van der Waals surface area contributed by atoms with Gasteiger partial charge in [-0.05, 0) is 31.9 Å². The normalized spacial score (nSPS) is 17.4. The Morgan fingerprint density at radius 1 is 1.39 bits per heavy atom. The minimum atomic E-state index is -0.500. The van der Waals surface area contributed by atoms with E-state index in [1.807, 2.05) is 0 Å². The Morgan fingerprint density at radius 2 is 2.09 bits per heavy atom. The van der Waals surface area contributed by atoms with Gasteiger partial charge in [-0.3, -0.25) is 14.9 Å². The number of rotatable bonds is 4. The lowest BCUT2D eigenvalue weighted by atomic mass is 9.98. The molecule has 1 aliphatic heterocycles. The summed E-state index contributed by atoms with van der Waals surface area (Å²) >= 11 is 0. The summed E-state index contributed by atoms with van der Waals surface area (Å²) in [6.07, 6.45) is 1.44. The summed E-state index contributed by atoms with van der Waals surface area (Å²) in [5.41, 5.74) is 0.433. The highest BCUT2D eigenvalue weighted by Crippen LogP contribution is 2.20. The molecule has 1 atom stereocenters. The number of nitrogens with one attached hydrogen (secondary N) is 1. The van der Waals surface area contributed by atoms with Gasteiger partial charge >= 0.3 is 12.0 Å². The summed E-state index contributed by atoms with van der Waals surface area (Å²) in [6.45, 7) is 2.95. The molecule has 1 aromatic carbocycles. The van der Waals surface area contributed by atoms with Crippen LogP contribution in [0.1, 0.15) is 19.8 Å². The van der Waals surface area contributed by atoms with Crippen molar-refractivity contribution in [3.8, 4) is 0 Å². The van der Waals surface area contributed by atoms with Crippen LogP contribution in [0.25, 0.3) is 0 Å². The monoisotopic (exact) mass is 321 g/mol. The molecule has 1 heterocycles. The van der Waals surface area contributed by atoms with E-state index in [0.29, 0.717) is 31.8 Å². The second kappa shape index (κ2) is 7.57. The van der Waals surface area contributed by atoms with Gasteiger partial charge in [0.2, 0.25) is 0 Å². The highest BCUT2D eigenvalue weighted by atomic mass is 16.6. The molecule has 0 aliphatic carbocycles. The molecule has 0 spiro atoms. The maximum atomic E-state index is 12.2. The molecule has 0 radical (unpaired) electrons. The summed E-state index contributed by atoms with van der Waals surface area (Å²) in [6, 6.07) is 5.28. The Balaban J connectivity index is 1.94. The molecule has 1 aliphatic rings. The number of nitro benzene ring substituents is 1. The van der Waals surface area contributed by atoms with Crippen molar-refractivity contribution in [3.63, 3.8) is 0 Å². The number of nitro groups is 1. The maximum absolute atomic E-state index is 12.2. The van der Waals surface area contributed by atoms with E-state index < -0.39 is 4.92 Å². The standard InChI is InChI=1S/C15H19N3O5/c1-2-23-14(19)11-4-3-9-17(10-11)15(20)16-12-5-7-13(8-6-12)18(21)22/h5-8,11H,2-4,9-10H2,1H3,(H,16,20)/t11-/m0/s1. The SMILES string of the molecule is CCOC(=O)[C@H]1CCCN(C(=O)Nc2ccc([N+](=O)[O-])cc2)C1. The van der Waals surface area contributed by atoms with Crippen LogP contribution in [0.2, 0.25) is 0 Å². The third kappa shape index (κ3) is 4.41. The third-order valence-electron chi connectivity index (χ3n) is 3.66. The number of esters is 1. The van der Waals surface area contributed by atoms with E-state index in [4.69, 9.17) is 4.74 Å². The minimum Gasteiger partial charge on any atom is -0.466 e. The molecule has 2 rings (SSSR count). The first-order valence-corrected chi connectivity index (χ1v) is 7.48. The minimum absolute atomic E-state index is 0.0386. The van der Waals surface area contributed by atoms with E-state index in [1.165, 1.54) is 24.3 Å². The zero-order valence-electron chi connectivity index (χ0n) is 12.9. The van der Waals surface area contributed by atoms with E-state index >= 15 is 0 Å². The van der Waals surface area contributed by atoms with Gasteiger partial charge in [-0.25, -0.2) is 4.79 Å². The van der Waals surface area contributed by atoms with Crippen LogP contribution in [0.15, 0.2) is 24.3 Å². The van der Waals surface area contributed by atoms with Crippen molar-refractivity contribution < 1.29 is 19.2 Å². The van der Waals surface area contributed by atoms with E-state index in [1.54, 1.807) is 11.8 Å². The first-order chi connectivity index (χ1) is 11.0.